The molecule has 0 saturated heterocycles. The maximum Gasteiger partial charge on any atom is 0.243 e. The third-order valence-electron chi connectivity index (χ3n) is 5.96. The molecule has 2 aromatic rings. The van der Waals surface area contributed by atoms with Crippen molar-refractivity contribution < 1.29 is 14.3 Å². The van der Waals surface area contributed by atoms with Crippen LogP contribution in [0, 0.1) is 0 Å². The maximum atomic E-state index is 13.3. The molecule has 2 amide bonds. The van der Waals surface area contributed by atoms with Crippen LogP contribution in [-0.2, 0) is 29.0 Å². The molecular formula is C27H38N2O3. The number of methoxy groups -OCH3 is 1. The molecule has 0 aliphatic carbocycles. The van der Waals surface area contributed by atoms with E-state index in [9.17, 15) is 9.59 Å². The van der Waals surface area contributed by atoms with E-state index in [1.807, 2.05) is 45.0 Å². The average Bonchev–Trinajstić information content (AvgIpc) is 2.82. The summed E-state index contributed by atoms with van der Waals surface area (Å²) < 4.78 is 5.24. The SMILES string of the molecule is CCc1ccc(CCC(=O)N(Cc2ccc(OC)cc2)[C@H](CC)C(=O)N[C@H](C)CC)cc1. The quantitative estimate of drug-likeness (QED) is 0.512. The van der Waals surface area contributed by atoms with E-state index in [-0.39, 0.29) is 17.9 Å². The minimum atomic E-state index is -0.499. The van der Waals surface area contributed by atoms with Gasteiger partial charge in [-0.3, -0.25) is 9.59 Å². The van der Waals surface area contributed by atoms with Crippen molar-refractivity contribution in [3.8, 4) is 5.75 Å². The van der Waals surface area contributed by atoms with Crippen molar-refractivity contribution in [3.63, 3.8) is 0 Å². The van der Waals surface area contributed by atoms with Crippen molar-refractivity contribution >= 4 is 11.8 Å². The number of carbonyl (C=O) groups is 2. The van der Waals surface area contributed by atoms with Crippen molar-refractivity contribution in [2.45, 2.75) is 78.4 Å². The number of amides is 2. The van der Waals surface area contributed by atoms with Gasteiger partial charge in [-0.05, 0) is 61.4 Å². The Kier molecular flexibility index (Phi) is 10.3. The van der Waals surface area contributed by atoms with E-state index >= 15 is 0 Å². The van der Waals surface area contributed by atoms with Crippen LogP contribution in [0.1, 0.15) is 63.6 Å². The zero-order valence-electron chi connectivity index (χ0n) is 20.2. The molecule has 0 radical (unpaired) electrons. The van der Waals surface area contributed by atoms with Gasteiger partial charge >= 0.3 is 0 Å². The molecule has 0 unspecified atom stereocenters. The van der Waals surface area contributed by atoms with Crippen LogP contribution in [0.2, 0.25) is 0 Å². The van der Waals surface area contributed by atoms with Crippen LogP contribution in [-0.4, -0.2) is 35.9 Å². The summed E-state index contributed by atoms with van der Waals surface area (Å²) in [5.41, 5.74) is 3.40. The molecule has 0 heterocycles. The topological polar surface area (TPSA) is 58.6 Å². The minimum Gasteiger partial charge on any atom is -0.497 e. The van der Waals surface area contributed by atoms with Crippen LogP contribution in [0.4, 0.5) is 0 Å². The Bertz CT molecular complexity index is 846. The highest BCUT2D eigenvalue weighted by atomic mass is 16.5. The molecule has 0 spiro atoms. The van der Waals surface area contributed by atoms with Gasteiger partial charge in [-0.2, -0.15) is 0 Å². The summed E-state index contributed by atoms with van der Waals surface area (Å²) >= 11 is 0. The van der Waals surface area contributed by atoms with Gasteiger partial charge in [-0.1, -0.05) is 57.2 Å². The largest absolute Gasteiger partial charge is 0.497 e. The molecule has 0 aliphatic heterocycles. The highest BCUT2D eigenvalue weighted by molar-refractivity contribution is 5.87. The maximum absolute atomic E-state index is 13.3. The minimum absolute atomic E-state index is 0.00784. The van der Waals surface area contributed by atoms with Crippen LogP contribution in [0.25, 0.3) is 0 Å². The number of aryl methyl sites for hydroxylation is 2. The third-order valence-corrected chi connectivity index (χ3v) is 5.96. The zero-order valence-corrected chi connectivity index (χ0v) is 20.2. The number of carbonyl (C=O) groups excluding carboxylic acids is 2. The standard InChI is InChI=1S/C27H38N2O3/c1-6-20(4)28-27(31)25(8-3)29(19-23-13-16-24(32-5)17-14-23)26(30)18-15-22-11-9-21(7-2)10-12-22/h9-14,16-17,20,25H,6-8,15,18-19H2,1-5H3,(H,28,31)/t20-,25-/m1/s1. The summed E-state index contributed by atoms with van der Waals surface area (Å²) in [4.78, 5) is 28.1. The van der Waals surface area contributed by atoms with E-state index in [0.29, 0.717) is 25.8 Å². The first-order chi connectivity index (χ1) is 15.4. The smallest absolute Gasteiger partial charge is 0.243 e. The van der Waals surface area contributed by atoms with Crippen molar-refractivity contribution in [2.24, 2.45) is 0 Å². The third kappa shape index (κ3) is 7.40. The second-order valence-corrected chi connectivity index (χ2v) is 8.28. The number of nitrogens with one attached hydrogen (secondary N) is 1. The normalized spacial score (nSPS) is 12.7. The summed E-state index contributed by atoms with van der Waals surface area (Å²) in [6.07, 6.45) is 3.44. The fourth-order valence-corrected chi connectivity index (χ4v) is 3.62. The Labute approximate surface area is 193 Å². The summed E-state index contributed by atoms with van der Waals surface area (Å²) in [5, 5.41) is 3.05. The van der Waals surface area contributed by atoms with Crippen LogP contribution in [0.5, 0.6) is 5.75 Å². The molecule has 174 valence electrons. The Morgan fingerprint density at radius 3 is 2.03 bits per heavy atom. The first kappa shape index (κ1) is 25.4. The van der Waals surface area contributed by atoms with Crippen molar-refractivity contribution in [3.05, 3.63) is 65.2 Å². The monoisotopic (exact) mass is 438 g/mol. The number of benzene rings is 2. The van der Waals surface area contributed by atoms with Crippen LogP contribution >= 0.6 is 0 Å². The summed E-state index contributed by atoms with van der Waals surface area (Å²) in [5.74, 6) is 0.672. The van der Waals surface area contributed by atoms with E-state index < -0.39 is 6.04 Å². The van der Waals surface area contributed by atoms with Crippen molar-refractivity contribution in [1.82, 2.24) is 10.2 Å². The van der Waals surface area contributed by atoms with Gasteiger partial charge in [0.1, 0.15) is 11.8 Å². The number of ether oxygens (including phenoxy) is 1. The second kappa shape index (κ2) is 12.9. The molecule has 0 fully saturated rings. The van der Waals surface area contributed by atoms with Gasteiger partial charge in [0.15, 0.2) is 0 Å². The fourth-order valence-electron chi connectivity index (χ4n) is 3.62. The van der Waals surface area contributed by atoms with Crippen molar-refractivity contribution in [2.75, 3.05) is 7.11 Å². The number of hydrogen-bond donors (Lipinski definition) is 1. The highest BCUT2D eigenvalue weighted by Crippen LogP contribution is 2.18. The predicted molar refractivity (Wildman–Crippen MR) is 130 cm³/mol. The van der Waals surface area contributed by atoms with Gasteiger partial charge in [0.2, 0.25) is 11.8 Å². The molecule has 2 aromatic carbocycles. The second-order valence-electron chi connectivity index (χ2n) is 8.28. The molecule has 0 bridgehead atoms. The van der Waals surface area contributed by atoms with Crippen LogP contribution < -0.4 is 10.1 Å². The molecule has 32 heavy (non-hydrogen) atoms. The molecule has 5 heteroatoms. The number of nitrogens with zero attached hydrogens (tertiary/aromatic N) is 1. The van der Waals surface area contributed by atoms with E-state index in [1.54, 1.807) is 12.0 Å². The fraction of sp³-hybridized carbons (Fsp3) is 0.481. The average molecular weight is 439 g/mol. The van der Waals surface area contributed by atoms with E-state index in [0.717, 1.165) is 29.7 Å². The van der Waals surface area contributed by atoms with Gasteiger partial charge in [-0.25, -0.2) is 0 Å². The van der Waals surface area contributed by atoms with Gasteiger partial charge in [-0.15, -0.1) is 0 Å². The molecule has 2 rings (SSSR count). The van der Waals surface area contributed by atoms with Gasteiger partial charge in [0.25, 0.3) is 0 Å². The molecule has 0 saturated carbocycles. The molecule has 1 N–H and O–H groups in total. The van der Waals surface area contributed by atoms with E-state index in [1.165, 1.54) is 5.56 Å². The predicted octanol–water partition coefficient (Wildman–Crippen LogP) is 4.91. The molecule has 5 nitrogen and oxygen atoms in total. The lowest BCUT2D eigenvalue weighted by Crippen LogP contribution is -2.50. The van der Waals surface area contributed by atoms with Crippen LogP contribution in [0.15, 0.2) is 48.5 Å². The Balaban J connectivity index is 2.19. The summed E-state index contributed by atoms with van der Waals surface area (Å²) in [6, 6.07) is 15.6. The van der Waals surface area contributed by atoms with E-state index in [4.69, 9.17) is 4.74 Å². The first-order valence-corrected chi connectivity index (χ1v) is 11.7. The Morgan fingerprint density at radius 2 is 1.50 bits per heavy atom. The lowest BCUT2D eigenvalue weighted by Gasteiger charge is -2.31. The van der Waals surface area contributed by atoms with Gasteiger partial charge in [0.05, 0.1) is 7.11 Å². The summed E-state index contributed by atoms with van der Waals surface area (Å²) in [7, 11) is 1.63. The Morgan fingerprint density at radius 1 is 0.906 bits per heavy atom. The number of hydrogen-bond acceptors (Lipinski definition) is 3. The molecule has 0 aromatic heterocycles. The first-order valence-electron chi connectivity index (χ1n) is 11.7. The highest BCUT2D eigenvalue weighted by Gasteiger charge is 2.29. The van der Waals surface area contributed by atoms with Crippen LogP contribution in [0.3, 0.4) is 0 Å². The lowest BCUT2D eigenvalue weighted by molar-refractivity contribution is -0.141. The zero-order chi connectivity index (χ0) is 23.5. The number of rotatable bonds is 12. The molecular weight excluding hydrogens is 400 g/mol. The lowest BCUT2D eigenvalue weighted by atomic mass is 10.0. The molecule has 0 aliphatic rings. The Hall–Kier alpha value is -2.82. The van der Waals surface area contributed by atoms with Gasteiger partial charge < -0.3 is 15.0 Å². The summed E-state index contributed by atoms with van der Waals surface area (Å²) in [6.45, 7) is 8.50. The van der Waals surface area contributed by atoms with Crippen molar-refractivity contribution in [1.29, 1.82) is 0 Å². The van der Waals surface area contributed by atoms with Gasteiger partial charge in [0, 0.05) is 19.0 Å². The van der Waals surface area contributed by atoms with E-state index in [2.05, 4.69) is 36.5 Å². The molecule has 2 atom stereocenters.